The van der Waals surface area contributed by atoms with Crippen LogP contribution in [-0.4, -0.2) is 43.2 Å². The zero-order valence-corrected chi connectivity index (χ0v) is 13.3. The van der Waals surface area contributed by atoms with Crippen molar-refractivity contribution in [3.63, 3.8) is 0 Å². The highest BCUT2D eigenvalue weighted by Gasteiger charge is 2.01. The lowest BCUT2D eigenvalue weighted by Crippen LogP contribution is -2.27. The molecule has 4 nitrogen and oxygen atoms in total. The van der Waals surface area contributed by atoms with E-state index in [-0.39, 0.29) is 6.09 Å². The molecular formula is C13H21IN2O2. The van der Waals surface area contributed by atoms with Crippen molar-refractivity contribution in [1.82, 2.24) is 10.2 Å². The van der Waals surface area contributed by atoms with Crippen LogP contribution in [0.15, 0.2) is 30.3 Å². The summed E-state index contributed by atoms with van der Waals surface area (Å²) in [6.45, 7) is 1.65. The summed E-state index contributed by atoms with van der Waals surface area (Å²) in [7, 11) is 3.87. The van der Waals surface area contributed by atoms with E-state index in [0.29, 0.717) is 13.2 Å². The molecular weight excluding hydrogens is 343 g/mol. The summed E-state index contributed by atoms with van der Waals surface area (Å²) in [6.07, 6.45) is -0.370. The SMILES string of the molecule is CI.CN(C)CCOC(=O)NCc1ccccc1. The number of halogens is 1. The number of hydrogen-bond donors (Lipinski definition) is 1. The number of ether oxygens (including phenoxy) is 1. The zero-order valence-electron chi connectivity index (χ0n) is 11.1. The molecule has 1 amide bonds. The predicted molar refractivity (Wildman–Crippen MR) is 83.1 cm³/mol. The number of benzene rings is 1. The van der Waals surface area contributed by atoms with E-state index in [2.05, 4.69) is 27.9 Å². The third-order valence-electron chi connectivity index (χ3n) is 2.05. The minimum atomic E-state index is -0.370. The Hall–Kier alpha value is -0.820. The average molecular weight is 364 g/mol. The second-order valence-corrected chi connectivity index (χ2v) is 3.78. The van der Waals surface area contributed by atoms with Crippen LogP contribution in [0.4, 0.5) is 4.79 Å². The van der Waals surface area contributed by atoms with Gasteiger partial charge in [-0.25, -0.2) is 4.79 Å². The molecule has 1 rings (SSSR count). The fourth-order valence-corrected chi connectivity index (χ4v) is 1.14. The third kappa shape index (κ3) is 9.23. The molecule has 0 saturated carbocycles. The fourth-order valence-electron chi connectivity index (χ4n) is 1.14. The number of amides is 1. The molecule has 0 spiro atoms. The second-order valence-electron chi connectivity index (χ2n) is 3.78. The molecule has 0 aromatic heterocycles. The molecule has 0 atom stereocenters. The first kappa shape index (κ1) is 17.2. The maximum atomic E-state index is 11.2. The molecule has 0 saturated heterocycles. The van der Waals surface area contributed by atoms with Gasteiger partial charge in [-0.15, -0.1) is 0 Å². The predicted octanol–water partition coefficient (Wildman–Crippen LogP) is 2.53. The molecule has 0 aliphatic rings. The molecule has 18 heavy (non-hydrogen) atoms. The van der Waals surface area contributed by atoms with Crippen molar-refractivity contribution in [2.24, 2.45) is 0 Å². The number of carbonyl (C=O) groups is 1. The van der Waals surface area contributed by atoms with E-state index in [4.69, 9.17) is 4.74 Å². The number of nitrogens with zero attached hydrogens (tertiary/aromatic N) is 1. The van der Waals surface area contributed by atoms with Gasteiger partial charge in [-0.05, 0) is 24.6 Å². The monoisotopic (exact) mass is 364 g/mol. The third-order valence-corrected chi connectivity index (χ3v) is 2.05. The number of hydrogen-bond acceptors (Lipinski definition) is 3. The van der Waals surface area contributed by atoms with Gasteiger partial charge >= 0.3 is 6.09 Å². The minimum absolute atomic E-state index is 0.370. The van der Waals surface area contributed by atoms with Crippen molar-refractivity contribution in [1.29, 1.82) is 0 Å². The van der Waals surface area contributed by atoms with Gasteiger partial charge in [0.1, 0.15) is 6.61 Å². The summed E-state index contributed by atoms with van der Waals surface area (Å²) in [5.41, 5.74) is 1.06. The van der Waals surface area contributed by atoms with E-state index in [1.165, 1.54) is 0 Å². The zero-order chi connectivity index (χ0) is 13.8. The van der Waals surface area contributed by atoms with E-state index in [9.17, 15) is 4.79 Å². The smallest absolute Gasteiger partial charge is 0.407 e. The van der Waals surface area contributed by atoms with Gasteiger partial charge in [-0.1, -0.05) is 52.9 Å². The molecule has 0 heterocycles. The second kappa shape index (κ2) is 11.3. The number of alkyl halides is 1. The van der Waals surface area contributed by atoms with Crippen molar-refractivity contribution in [3.05, 3.63) is 35.9 Å². The van der Waals surface area contributed by atoms with Crippen LogP contribution in [0.2, 0.25) is 0 Å². The van der Waals surface area contributed by atoms with Crippen molar-refractivity contribution >= 4 is 28.7 Å². The molecule has 1 aromatic rings. The lowest BCUT2D eigenvalue weighted by Gasteiger charge is -2.10. The standard InChI is InChI=1S/C12H18N2O2.CH3I/c1-14(2)8-9-16-12(15)13-10-11-6-4-3-5-7-11;1-2/h3-7H,8-10H2,1-2H3,(H,13,15);1H3. The van der Waals surface area contributed by atoms with Gasteiger partial charge < -0.3 is 15.0 Å². The largest absolute Gasteiger partial charge is 0.448 e. The maximum Gasteiger partial charge on any atom is 0.407 e. The van der Waals surface area contributed by atoms with Crippen LogP contribution in [-0.2, 0) is 11.3 Å². The first-order chi connectivity index (χ1) is 8.68. The molecule has 0 bridgehead atoms. The molecule has 1 N–H and O–H groups in total. The van der Waals surface area contributed by atoms with Crippen molar-refractivity contribution in [3.8, 4) is 0 Å². The topological polar surface area (TPSA) is 41.6 Å². The van der Waals surface area contributed by atoms with Crippen molar-refractivity contribution in [2.75, 3.05) is 32.2 Å². The van der Waals surface area contributed by atoms with E-state index in [0.717, 1.165) is 12.1 Å². The Kier molecular flexibility index (Phi) is 10.8. The van der Waals surface area contributed by atoms with E-state index in [1.807, 2.05) is 54.3 Å². The fraction of sp³-hybridized carbons (Fsp3) is 0.462. The molecule has 0 unspecified atom stereocenters. The van der Waals surface area contributed by atoms with Gasteiger partial charge in [-0.2, -0.15) is 0 Å². The lowest BCUT2D eigenvalue weighted by molar-refractivity contribution is 0.136. The Labute approximate surface area is 123 Å². The van der Waals surface area contributed by atoms with Gasteiger partial charge in [0.25, 0.3) is 0 Å². The van der Waals surface area contributed by atoms with Crippen LogP contribution in [0.1, 0.15) is 5.56 Å². The number of nitrogens with one attached hydrogen (secondary N) is 1. The molecule has 0 aliphatic carbocycles. The average Bonchev–Trinajstić information content (AvgIpc) is 2.39. The Morgan fingerprint density at radius 2 is 1.89 bits per heavy atom. The van der Waals surface area contributed by atoms with Gasteiger partial charge in [0.05, 0.1) is 0 Å². The molecule has 1 aromatic carbocycles. The van der Waals surface area contributed by atoms with Crippen molar-refractivity contribution in [2.45, 2.75) is 6.54 Å². The number of carbonyl (C=O) groups excluding carboxylic acids is 1. The summed E-state index contributed by atoms with van der Waals surface area (Å²) in [5.74, 6) is 0. The first-order valence-electron chi connectivity index (χ1n) is 5.65. The quantitative estimate of drug-likeness (QED) is 0.645. The van der Waals surface area contributed by atoms with Crippen LogP contribution in [0.25, 0.3) is 0 Å². The molecule has 0 radical (unpaired) electrons. The summed E-state index contributed by atoms with van der Waals surface area (Å²) < 4.78 is 4.98. The van der Waals surface area contributed by atoms with E-state index in [1.54, 1.807) is 0 Å². The summed E-state index contributed by atoms with van der Waals surface area (Å²) in [5, 5.41) is 2.69. The Morgan fingerprint density at radius 1 is 1.28 bits per heavy atom. The highest BCUT2D eigenvalue weighted by molar-refractivity contribution is 14.1. The van der Waals surface area contributed by atoms with Gasteiger partial charge in [-0.3, -0.25) is 0 Å². The summed E-state index contributed by atoms with van der Waals surface area (Å²) >= 11 is 2.15. The number of alkyl carbamates (subject to hydrolysis) is 1. The summed E-state index contributed by atoms with van der Waals surface area (Å²) in [4.78, 5) is 15.2. The highest BCUT2D eigenvalue weighted by atomic mass is 127. The Morgan fingerprint density at radius 3 is 2.44 bits per heavy atom. The first-order valence-corrected chi connectivity index (χ1v) is 7.81. The molecule has 102 valence electrons. The highest BCUT2D eigenvalue weighted by Crippen LogP contribution is 1.97. The molecule has 5 heteroatoms. The van der Waals surface area contributed by atoms with Crippen LogP contribution in [0.3, 0.4) is 0 Å². The summed E-state index contributed by atoms with van der Waals surface area (Å²) in [6, 6.07) is 9.74. The van der Waals surface area contributed by atoms with Crippen LogP contribution in [0, 0.1) is 0 Å². The van der Waals surface area contributed by atoms with Crippen LogP contribution < -0.4 is 5.32 Å². The Bertz CT molecular complexity index is 318. The van der Waals surface area contributed by atoms with E-state index < -0.39 is 0 Å². The maximum absolute atomic E-state index is 11.2. The van der Waals surface area contributed by atoms with Gasteiger partial charge in [0, 0.05) is 13.1 Å². The van der Waals surface area contributed by atoms with Gasteiger partial charge in [0.15, 0.2) is 0 Å². The minimum Gasteiger partial charge on any atom is -0.448 e. The van der Waals surface area contributed by atoms with Crippen LogP contribution in [0.5, 0.6) is 0 Å². The lowest BCUT2D eigenvalue weighted by atomic mass is 10.2. The van der Waals surface area contributed by atoms with Crippen LogP contribution >= 0.6 is 22.6 Å². The normalized spacial score (nSPS) is 9.39. The number of likely N-dealkylation sites (N-methyl/N-ethyl adjacent to an activating group) is 1. The van der Waals surface area contributed by atoms with E-state index >= 15 is 0 Å². The van der Waals surface area contributed by atoms with Gasteiger partial charge in [0.2, 0.25) is 0 Å². The molecule has 0 fully saturated rings. The van der Waals surface area contributed by atoms with Crippen molar-refractivity contribution < 1.29 is 9.53 Å². The molecule has 0 aliphatic heterocycles. The number of rotatable bonds is 5. The Balaban J connectivity index is 0.00000137.